The summed E-state index contributed by atoms with van der Waals surface area (Å²) in [5.41, 5.74) is 14.3. The van der Waals surface area contributed by atoms with Gasteiger partial charge in [0.2, 0.25) is 11.7 Å². The van der Waals surface area contributed by atoms with Gasteiger partial charge in [-0.05, 0) is 13.2 Å². The second-order valence-corrected chi connectivity index (χ2v) is 5.80. The molecule has 0 amide bonds. The molecule has 0 spiro atoms. The van der Waals surface area contributed by atoms with E-state index in [1.54, 1.807) is 11.8 Å². The van der Waals surface area contributed by atoms with Gasteiger partial charge < -0.3 is 10.3 Å². The first-order chi connectivity index (χ1) is 9.69. The van der Waals surface area contributed by atoms with E-state index in [-0.39, 0.29) is 17.5 Å². The molecule has 3 unspecified atom stereocenters. The Morgan fingerprint density at radius 3 is 2.70 bits per heavy atom. The summed E-state index contributed by atoms with van der Waals surface area (Å²) in [4.78, 5) is 4.49. The third kappa shape index (κ3) is 2.45. The van der Waals surface area contributed by atoms with E-state index in [1.807, 2.05) is 37.4 Å². The fourth-order valence-electron chi connectivity index (χ4n) is 2.23. The van der Waals surface area contributed by atoms with Gasteiger partial charge in [0.15, 0.2) is 0 Å². The van der Waals surface area contributed by atoms with Crippen LogP contribution in [0.25, 0.3) is 11.4 Å². The van der Waals surface area contributed by atoms with Crippen molar-refractivity contribution in [3.05, 3.63) is 35.7 Å². The zero-order valence-electron chi connectivity index (χ0n) is 11.3. The molecule has 2 heterocycles. The molecule has 0 aliphatic carbocycles. The van der Waals surface area contributed by atoms with E-state index in [0.29, 0.717) is 11.7 Å². The number of thioether (sulfide) groups is 1. The van der Waals surface area contributed by atoms with E-state index in [4.69, 9.17) is 10.3 Å². The Morgan fingerprint density at radius 1 is 1.25 bits per heavy atom. The maximum absolute atomic E-state index is 6.03. The third-order valence-electron chi connectivity index (χ3n) is 3.40. The zero-order chi connectivity index (χ0) is 14.1. The molecule has 1 saturated heterocycles. The topological polar surface area (TPSA) is 89.0 Å². The minimum atomic E-state index is -0.237. The SMILES string of the molecule is CSC1NNC(N)C1c1nc(-c2ccc(C)cc2)no1. The molecule has 1 aliphatic rings. The highest BCUT2D eigenvalue weighted by molar-refractivity contribution is 7.99. The third-order valence-corrected chi connectivity index (χ3v) is 4.31. The number of rotatable bonds is 3. The Hall–Kier alpha value is -1.41. The van der Waals surface area contributed by atoms with Gasteiger partial charge >= 0.3 is 0 Å². The molecule has 106 valence electrons. The molecule has 0 radical (unpaired) electrons. The lowest BCUT2D eigenvalue weighted by Crippen LogP contribution is -2.38. The summed E-state index contributed by atoms with van der Waals surface area (Å²) in [6.07, 6.45) is 1.78. The van der Waals surface area contributed by atoms with Crippen LogP contribution in [-0.2, 0) is 0 Å². The predicted molar refractivity (Wildman–Crippen MR) is 78.8 cm³/mol. The lowest BCUT2D eigenvalue weighted by Gasteiger charge is -2.14. The number of hydrazine groups is 1. The molecule has 7 heteroatoms. The van der Waals surface area contributed by atoms with Crippen LogP contribution in [0.15, 0.2) is 28.8 Å². The molecule has 1 aliphatic heterocycles. The zero-order valence-corrected chi connectivity index (χ0v) is 12.1. The Morgan fingerprint density at radius 2 is 2.00 bits per heavy atom. The number of hydrogen-bond acceptors (Lipinski definition) is 7. The van der Waals surface area contributed by atoms with Crippen LogP contribution < -0.4 is 16.6 Å². The maximum Gasteiger partial charge on any atom is 0.235 e. The summed E-state index contributed by atoms with van der Waals surface area (Å²) in [6, 6.07) is 8.03. The lowest BCUT2D eigenvalue weighted by molar-refractivity contribution is 0.344. The molecular formula is C13H17N5OS. The summed E-state index contributed by atoms with van der Waals surface area (Å²) in [5, 5.41) is 4.18. The van der Waals surface area contributed by atoms with Crippen LogP contribution in [0.4, 0.5) is 0 Å². The van der Waals surface area contributed by atoms with Crippen LogP contribution in [0.3, 0.4) is 0 Å². The number of aryl methyl sites for hydroxylation is 1. The van der Waals surface area contributed by atoms with Crippen molar-refractivity contribution < 1.29 is 4.52 Å². The molecule has 3 atom stereocenters. The average Bonchev–Trinajstić information content (AvgIpc) is 3.05. The molecule has 1 fully saturated rings. The second kappa shape index (κ2) is 5.53. The molecule has 3 rings (SSSR count). The largest absolute Gasteiger partial charge is 0.338 e. The highest BCUT2D eigenvalue weighted by Crippen LogP contribution is 2.30. The number of nitrogens with zero attached hydrogens (tertiary/aromatic N) is 2. The van der Waals surface area contributed by atoms with Crippen molar-refractivity contribution in [1.29, 1.82) is 0 Å². The molecular weight excluding hydrogens is 274 g/mol. The Balaban J connectivity index is 1.88. The first-order valence-electron chi connectivity index (χ1n) is 6.39. The first-order valence-corrected chi connectivity index (χ1v) is 7.68. The van der Waals surface area contributed by atoms with Crippen LogP contribution in [0.2, 0.25) is 0 Å². The number of hydrogen-bond donors (Lipinski definition) is 3. The van der Waals surface area contributed by atoms with Crippen LogP contribution in [0.1, 0.15) is 17.4 Å². The first kappa shape index (κ1) is 13.6. The maximum atomic E-state index is 6.03. The van der Waals surface area contributed by atoms with Crippen molar-refractivity contribution in [1.82, 2.24) is 21.0 Å². The smallest absolute Gasteiger partial charge is 0.235 e. The number of aromatic nitrogens is 2. The fourth-order valence-corrected chi connectivity index (χ4v) is 2.99. The molecule has 6 nitrogen and oxygen atoms in total. The van der Waals surface area contributed by atoms with Crippen LogP contribution >= 0.6 is 11.8 Å². The highest BCUT2D eigenvalue weighted by Gasteiger charge is 2.38. The van der Waals surface area contributed by atoms with Gasteiger partial charge in [-0.15, -0.1) is 11.8 Å². The fraction of sp³-hybridized carbons (Fsp3) is 0.385. The van der Waals surface area contributed by atoms with E-state index in [1.165, 1.54) is 5.56 Å². The van der Waals surface area contributed by atoms with Crippen molar-refractivity contribution in [2.75, 3.05) is 6.26 Å². The van der Waals surface area contributed by atoms with E-state index < -0.39 is 0 Å². The van der Waals surface area contributed by atoms with Crippen molar-refractivity contribution in [3.63, 3.8) is 0 Å². The van der Waals surface area contributed by atoms with Gasteiger partial charge in [0, 0.05) is 5.56 Å². The van der Waals surface area contributed by atoms with Crippen molar-refractivity contribution in [3.8, 4) is 11.4 Å². The number of benzene rings is 1. The summed E-state index contributed by atoms with van der Waals surface area (Å²) >= 11 is 1.66. The minimum Gasteiger partial charge on any atom is -0.338 e. The normalized spacial score (nSPS) is 26.1. The highest BCUT2D eigenvalue weighted by atomic mass is 32.2. The van der Waals surface area contributed by atoms with Crippen molar-refractivity contribution in [2.24, 2.45) is 5.73 Å². The van der Waals surface area contributed by atoms with E-state index in [9.17, 15) is 0 Å². The summed E-state index contributed by atoms with van der Waals surface area (Å²) in [7, 11) is 0. The van der Waals surface area contributed by atoms with Gasteiger partial charge in [-0.1, -0.05) is 35.0 Å². The Bertz CT molecular complexity index is 585. The number of nitrogens with one attached hydrogen (secondary N) is 2. The van der Waals surface area contributed by atoms with Crippen molar-refractivity contribution >= 4 is 11.8 Å². The lowest BCUT2D eigenvalue weighted by atomic mass is 10.1. The molecule has 1 aromatic heterocycles. The Labute approximate surface area is 121 Å². The monoisotopic (exact) mass is 291 g/mol. The summed E-state index contributed by atoms with van der Waals surface area (Å²) < 4.78 is 5.40. The van der Waals surface area contributed by atoms with E-state index >= 15 is 0 Å². The Kier molecular flexibility index (Phi) is 3.75. The van der Waals surface area contributed by atoms with Gasteiger partial charge in [-0.25, -0.2) is 10.9 Å². The van der Waals surface area contributed by atoms with Gasteiger partial charge in [-0.3, -0.25) is 0 Å². The van der Waals surface area contributed by atoms with Gasteiger partial charge in [0.25, 0.3) is 0 Å². The van der Waals surface area contributed by atoms with Crippen molar-refractivity contribution in [2.45, 2.75) is 24.4 Å². The molecule has 2 aromatic rings. The molecule has 0 saturated carbocycles. The molecule has 20 heavy (non-hydrogen) atoms. The average molecular weight is 291 g/mol. The molecule has 4 N–H and O–H groups in total. The van der Waals surface area contributed by atoms with Gasteiger partial charge in [0.05, 0.1) is 17.5 Å². The summed E-state index contributed by atoms with van der Waals surface area (Å²) in [5.74, 6) is 1.11. The van der Waals surface area contributed by atoms with Crippen LogP contribution in [0.5, 0.6) is 0 Å². The standard InChI is InChI=1S/C13H17N5OS/c1-7-3-5-8(6-4-7)11-15-12(19-18-11)9-10(14)16-17-13(9)20-2/h3-6,9-10,13,16-17H,14H2,1-2H3. The van der Waals surface area contributed by atoms with E-state index in [0.717, 1.165) is 5.56 Å². The molecule has 1 aromatic carbocycles. The minimum absolute atomic E-state index is 0.0447. The van der Waals surface area contributed by atoms with Crippen LogP contribution in [-0.4, -0.2) is 27.9 Å². The van der Waals surface area contributed by atoms with Gasteiger partial charge in [0.1, 0.15) is 0 Å². The predicted octanol–water partition coefficient (Wildman–Crippen LogP) is 1.21. The number of nitrogens with two attached hydrogens (primary N) is 1. The van der Waals surface area contributed by atoms with E-state index in [2.05, 4.69) is 21.0 Å². The molecule has 0 bridgehead atoms. The summed E-state index contributed by atoms with van der Waals surface area (Å²) in [6.45, 7) is 2.05. The van der Waals surface area contributed by atoms with Crippen LogP contribution in [0, 0.1) is 6.92 Å². The second-order valence-electron chi connectivity index (χ2n) is 4.82. The quantitative estimate of drug-likeness (QED) is 0.783. The van der Waals surface area contributed by atoms with Gasteiger partial charge in [-0.2, -0.15) is 4.98 Å².